The molecule has 2 nitrogen and oxygen atoms in total. The molecule has 0 spiro atoms. The van der Waals surface area contributed by atoms with Crippen LogP contribution in [-0.2, 0) is 0 Å². The van der Waals surface area contributed by atoms with E-state index < -0.39 is 0 Å². The Morgan fingerprint density at radius 3 is 2.26 bits per heavy atom. The Labute approximate surface area is 115 Å². The number of nitrogens with one attached hydrogen (secondary N) is 1. The summed E-state index contributed by atoms with van der Waals surface area (Å²) in [4.78, 5) is 4.49. The van der Waals surface area contributed by atoms with Gasteiger partial charge in [0, 0.05) is 12.7 Å². The molecule has 0 fully saturated rings. The third kappa shape index (κ3) is 4.18. The van der Waals surface area contributed by atoms with Crippen LogP contribution in [0.25, 0.3) is 0 Å². The van der Waals surface area contributed by atoms with Crippen molar-refractivity contribution in [2.24, 2.45) is 5.41 Å². The van der Waals surface area contributed by atoms with E-state index in [4.69, 9.17) is 0 Å². The first kappa shape index (κ1) is 13.8. The van der Waals surface area contributed by atoms with Crippen molar-refractivity contribution in [3.63, 3.8) is 0 Å². The van der Waals surface area contributed by atoms with Crippen LogP contribution in [0.5, 0.6) is 0 Å². The van der Waals surface area contributed by atoms with Crippen LogP contribution in [-0.4, -0.2) is 11.5 Å². The Kier molecular flexibility index (Phi) is 4.33. The van der Waals surface area contributed by atoms with Gasteiger partial charge in [0.15, 0.2) is 0 Å². The van der Waals surface area contributed by atoms with E-state index in [1.807, 2.05) is 24.4 Å². The fourth-order valence-electron chi connectivity index (χ4n) is 1.99. The lowest BCUT2D eigenvalue weighted by Gasteiger charge is -2.25. The zero-order valence-corrected chi connectivity index (χ0v) is 11.9. The summed E-state index contributed by atoms with van der Waals surface area (Å²) in [5.41, 5.74) is 2.57. The lowest BCUT2D eigenvalue weighted by Crippen LogP contribution is -2.31. The number of benzene rings is 1. The SMILES string of the molecule is CC(C)(C)CNC(c1ccccc1)c1ccccn1. The highest BCUT2D eigenvalue weighted by molar-refractivity contribution is 5.27. The van der Waals surface area contributed by atoms with Crippen LogP contribution in [0.15, 0.2) is 54.7 Å². The van der Waals surface area contributed by atoms with Gasteiger partial charge in [-0.15, -0.1) is 0 Å². The van der Waals surface area contributed by atoms with E-state index in [1.54, 1.807) is 0 Å². The van der Waals surface area contributed by atoms with Crippen LogP contribution in [0.3, 0.4) is 0 Å². The van der Waals surface area contributed by atoms with Crippen molar-refractivity contribution in [2.45, 2.75) is 26.8 Å². The molecule has 2 heteroatoms. The molecule has 1 unspecified atom stereocenters. The van der Waals surface area contributed by atoms with Gasteiger partial charge in [0.1, 0.15) is 0 Å². The number of hydrogen-bond donors (Lipinski definition) is 1. The molecule has 100 valence electrons. The van der Waals surface area contributed by atoms with Crippen molar-refractivity contribution in [3.05, 3.63) is 66.0 Å². The van der Waals surface area contributed by atoms with Crippen molar-refractivity contribution in [1.82, 2.24) is 10.3 Å². The fraction of sp³-hybridized carbons (Fsp3) is 0.353. The summed E-state index contributed by atoms with van der Waals surface area (Å²) in [6, 6.07) is 16.7. The van der Waals surface area contributed by atoms with Gasteiger partial charge in [-0.05, 0) is 23.1 Å². The van der Waals surface area contributed by atoms with Crippen LogP contribution < -0.4 is 5.32 Å². The van der Waals surface area contributed by atoms with E-state index in [2.05, 4.69) is 61.4 Å². The first-order valence-corrected chi connectivity index (χ1v) is 6.75. The lowest BCUT2D eigenvalue weighted by atomic mass is 9.95. The van der Waals surface area contributed by atoms with E-state index in [1.165, 1.54) is 5.56 Å². The van der Waals surface area contributed by atoms with E-state index in [0.717, 1.165) is 12.2 Å². The van der Waals surface area contributed by atoms with E-state index in [-0.39, 0.29) is 11.5 Å². The molecule has 0 saturated carbocycles. The van der Waals surface area contributed by atoms with Crippen molar-refractivity contribution in [1.29, 1.82) is 0 Å². The van der Waals surface area contributed by atoms with Gasteiger partial charge >= 0.3 is 0 Å². The molecule has 2 aromatic rings. The van der Waals surface area contributed by atoms with Crippen molar-refractivity contribution in [2.75, 3.05) is 6.54 Å². The standard InChI is InChI=1S/C17H22N2/c1-17(2,3)13-19-16(14-9-5-4-6-10-14)15-11-7-8-12-18-15/h4-12,16,19H,13H2,1-3H3. The molecule has 1 N–H and O–H groups in total. The van der Waals surface area contributed by atoms with E-state index >= 15 is 0 Å². The molecule has 2 rings (SSSR count). The fourth-order valence-corrected chi connectivity index (χ4v) is 1.99. The Hall–Kier alpha value is -1.67. The molecule has 0 amide bonds. The normalized spacial score (nSPS) is 13.2. The van der Waals surface area contributed by atoms with Crippen LogP contribution in [0.4, 0.5) is 0 Å². The van der Waals surface area contributed by atoms with Gasteiger partial charge in [0.05, 0.1) is 11.7 Å². The maximum absolute atomic E-state index is 4.49. The zero-order valence-electron chi connectivity index (χ0n) is 11.9. The second kappa shape index (κ2) is 5.98. The Morgan fingerprint density at radius 2 is 1.68 bits per heavy atom. The molecule has 1 aromatic carbocycles. The molecule has 0 saturated heterocycles. The summed E-state index contributed by atoms with van der Waals surface area (Å²) in [7, 11) is 0. The smallest absolute Gasteiger partial charge is 0.0751 e. The lowest BCUT2D eigenvalue weighted by molar-refractivity contribution is 0.364. The van der Waals surface area contributed by atoms with Gasteiger partial charge in [-0.25, -0.2) is 0 Å². The third-order valence-electron chi connectivity index (χ3n) is 2.95. The molecule has 1 aromatic heterocycles. The molecular weight excluding hydrogens is 232 g/mol. The second-order valence-electron chi connectivity index (χ2n) is 6.04. The Morgan fingerprint density at radius 1 is 1.00 bits per heavy atom. The number of nitrogens with zero attached hydrogens (tertiary/aromatic N) is 1. The maximum Gasteiger partial charge on any atom is 0.0751 e. The number of pyridine rings is 1. The highest BCUT2D eigenvalue weighted by atomic mass is 14.9. The molecule has 0 aliphatic carbocycles. The van der Waals surface area contributed by atoms with Crippen LogP contribution in [0.2, 0.25) is 0 Å². The highest BCUT2D eigenvalue weighted by Gasteiger charge is 2.18. The monoisotopic (exact) mass is 254 g/mol. The molecule has 0 bridgehead atoms. The van der Waals surface area contributed by atoms with Gasteiger partial charge < -0.3 is 5.32 Å². The summed E-state index contributed by atoms with van der Waals surface area (Å²) in [6.07, 6.45) is 1.85. The predicted molar refractivity (Wildman–Crippen MR) is 80.0 cm³/mol. The summed E-state index contributed by atoms with van der Waals surface area (Å²) in [5.74, 6) is 0. The Bertz CT molecular complexity index is 446. The van der Waals surface area contributed by atoms with Gasteiger partial charge in [-0.1, -0.05) is 57.2 Å². The average Bonchev–Trinajstić information content (AvgIpc) is 2.40. The summed E-state index contributed by atoms with van der Waals surface area (Å²) >= 11 is 0. The van der Waals surface area contributed by atoms with E-state index in [0.29, 0.717) is 0 Å². The first-order valence-electron chi connectivity index (χ1n) is 6.75. The Balaban J connectivity index is 2.24. The van der Waals surface area contributed by atoms with Gasteiger partial charge in [-0.3, -0.25) is 4.98 Å². The van der Waals surface area contributed by atoms with Crippen LogP contribution in [0.1, 0.15) is 38.1 Å². The predicted octanol–water partition coefficient (Wildman–Crippen LogP) is 3.81. The quantitative estimate of drug-likeness (QED) is 0.897. The van der Waals surface area contributed by atoms with Gasteiger partial charge in [0.25, 0.3) is 0 Å². The van der Waals surface area contributed by atoms with Crippen molar-refractivity contribution >= 4 is 0 Å². The molecule has 19 heavy (non-hydrogen) atoms. The highest BCUT2D eigenvalue weighted by Crippen LogP contribution is 2.22. The topological polar surface area (TPSA) is 24.9 Å². The van der Waals surface area contributed by atoms with Crippen molar-refractivity contribution in [3.8, 4) is 0 Å². The minimum absolute atomic E-state index is 0.154. The molecular formula is C17H22N2. The minimum Gasteiger partial charge on any atom is -0.304 e. The molecule has 1 atom stereocenters. The molecule has 0 aliphatic heterocycles. The molecule has 0 aliphatic rings. The van der Waals surface area contributed by atoms with Crippen molar-refractivity contribution < 1.29 is 0 Å². The zero-order chi connectivity index (χ0) is 13.7. The van der Waals surface area contributed by atoms with Gasteiger partial charge in [-0.2, -0.15) is 0 Å². The minimum atomic E-state index is 0.154. The summed E-state index contributed by atoms with van der Waals surface area (Å²) < 4.78 is 0. The maximum atomic E-state index is 4.49. The molecule has 1 heterocycles. The molecule has 0 radical (unpaired) electrons. The largest absolute Gasteiger partial charge is 0.304 e. The summed E-state index contributed by atoms with van der Waals surface area (Å²) in [5, 5.41) is 3.63. The second-order valence-corrected chi connectivity index (χ2v) is 6.04. The average molecular weight is 254 g/mol. The van der Waals surface area contributed by atoms with Gasteiger partial charge in [0.2, 0.25) is 0 Å². The van der Waals surface area contributed by atoms with Crippen LogP contribution >= 0.6 is 0 Å². The number of hydrogen-bond acceptors (Lipinski definition) is 2. The summed E-state index contributed by atoms with van der Waals surface area (Å²) in [6.45, 7) is 7.66. The number of aromatic nitrogens is 1. The first-order chi connectivity index (χ1) is 9.06. The number of rotatable bonds is 4. The van der Waals surface area contributed by atoms with E-state index in [9.17, 15) is 0 Å². The van der Waals surface area contributed by atoms with Crippen LogP contribution in [0, 0.1) is 5.41 Å². The third-order valence-corrected chi connectivity index (χ3v) is 2.95.